The first-order valence-electron chi connectivity index (χ1n) is 6.24. The molecule has 0 aromatic heterocycles. The molecule has 0 aliphatic heterocycles. The lowest BCUT2D eigenvalue weighted by Gasteiger charge is -2.16. The highest BCUT2D eigenvalue weighted by Gasteiger charge is 2.07. The van der Waals surface area contributed by atoms with Gasteiger partial charge in [0.2, 0.25) is 0 Å². The summed E-state index contributed by atoms with van der Waals surface area (Å²) >= 11 is 7.66. The molecular weight excluding hydrogens is 288 g/mol. The Balaban J connectivity index is 2.14. The van der Waals surface area contributed by atoms with Crippen LogP contribution < -0.4 is 5.32 Å². The number of rotatable bonds is 4. The fourth-order valence-electron chi connectivity index (χ4n) is 1.93. The Labute approximate surface area is 128 Å². The van der Waals surface area contributed by atoms with Gasteiger partial charge in [0, 0.05) is 16.6 Å². The third kappa shape index (κ3) is 3.47. The van der Waals surface area contributed by atoms with Gasteiger partial charge in [0.25, 0.3) is 0 Å². The van der Waals surface area contributed by atoms with E-state index in [-0.39, 0.29) is 6.04 Å². The number of hydrogen-bond donors (Lipinski definition) is 1. The molecule has 0 amide bonds. The summed E-state index contributed by atoms with van der Waals surface area (Å²) in [5.74, 6) is 0. The van der Waals surface area contributed by atoms with E-state index < -0.39 is 0 Å². The van der Waals surface area contributed by atoms with Gasteiger partial charge in [-0.15, -0.1) is 11.8 Å². The molecule has 102 valence electrons. The molecule has 0 fully saturated rings. The first-order chi connectivity index (χ1) is 9.63. The molecule has 2 aromatic rings. The average molecular weight is 303 g/mol. The topological polar surface area (TPSA) is 35.8 Å². The quantitative estimate of drug-likeness (QED) is 0.797. The normalized spacial score (nSPS) is 11.7. The number of nitrogens with zero attached hydrogens (tertiary/aromatic N) is 1. The van der Waals surface area contributed by atoms with Crippen molar-refractivity contribution in [1.82, 2.24) is 0 Å². The van der Waals surface area contributed by atoms with Crippen LogP contribution in [0.4, 0.5) is 5.69 Å². The van der Waals surface area contributed by atoms with Crippen molar-refractivity contribution < 1.29 is 0 Å². The van der Waals surface area contributed by atoms with Crippen LogP contribution >= 0.6 is 23.4 Å². The molecule has 4 heteroatoms. The summed E-state index contributed by atoms with van der Waals surface area (Å²) in [6, 6.07) is 16.1. The molecule has 2 nitrogen and oxygen atoms in total. The van der Waals surface area contributed by atoms with E-state index in [0.717, 1.165) is 5.69 Å². The summed E-state index contributed by atoms with van der Waals surface area (Å²) in [5, 5.41) is 12.8. The molecule has 0 spiro atoms. The maximum Gasteiger partial charge on any atom is 0.101 e. The van der Waals surface area contributed by atoms with Gasteiger partial charge in [-0.2, -0.15) is 5.26 Å². The van der Waals surface area contributed by atoms with Gasteiger partial charge in [-0.25, -0.2) is 0 Å². The second kappa shape index (κ2) is 6.69. The Bertz CT molecular complexity index is 632. The molecule has 0 aliphatic carbocycles. The number of thioether (sulfide) groups is 1. The van der Waals surface area contributed by atoms with Gasteiger partial charge >= 0.3 is 0 Å². The summed E-state index contributed by atoms with van der Waals surface area (Å²) in [7, 11) is 0. The Hall–Kier alpha value is -1.63. The van der Waals surface area contributed by atoms with Gasteiger partial charge in [0.05, 0.1) is 10.6 Å². The lowest BCUT2D eigenvalue weighted by atomic mass is 10.1. The Morgan fingerprint density at radius 2 is 1.90 bits per heavy atom. The summed E-state index contributed by atoms with van der Waals surface area (Å²) < 4.78 is 0. The molecule has 0 bridgehead atoms. The Morgan fingerprint density at radius 3 is 2.50 bits per heavy atom. The molecule has 1 N–H and O–H groups in total. The maximum absolute atomic E-state index is 8.99. The number of halogens is 1. The minimum atomic E-state index is 0.165. The van der Waals surface area contributed by atoms with Crippen LogP contribution in [0, 0.1) is 11.3 Å². The van der Waals surface area contributed by atoms with Crippen LogP contribution in [-0.2, 0) is 0 Å². The molecule has 0 saturated carbocycles. The predicted molar refractivity (Wildman–Crippen MR) is 86.4 cm³/mol. The lowest BCUT2D eigenvalue weighted by Crippen LogP contribution is -2.06. The van der Waals surface area contributed by atoms with Crippen molar-refractivity contribution in [3.8, 4) is 6.07 Å². The van der Waals surface area contributed by atoms with Gasteiger partial charge in [0.15, 0.2) is 0 Å². The van der Waals surface area contributed by atoms with Gasteiger partial charge in [-0.1, -0.05) is 23.7 Å². The molecule has 0 radical (unpaired) electrons. The maximum atomic E-state index is 8.99. The molecule has 2 aromatic carbocycles. The molecule has 2 rings (SSSR count). The van der Waals surface area contributed by atoms with E-state index in [2.05, 4.69) is 48.8 Å². The summed E-state index contributed by atoms with van der Waals surface area (Å²) in [5.41, 5.74) is 2.59. The molecule has 1 unspecified atom stereocenters. The van der Waals surface area contributed by atoms with Crippen molar-refractivity contribution in [1.29, 1.82) is 5.26 Å². The van der Waals surface area contributed by atoms with Crippen molar-refractivity contribution in [2.24, 2.45) is 0 Å². The minimum Gasteiger partial charge on any atom is -0.378 e. The van der Waals surface area contributed by atoms with E-state index in [1.165, 1.54) is 10.5 Å². The fraction of sp³-hybridized carbons (Fsp3) is 0.188. The number of nitrogens with one attached hydrogen (secondary N) is 1. The van der Waals surface area contributed by atoms with Crippen molar-refractivity contribution in [3.05, 3.63) is 58.6 Å². The van der Waals surface area contributed by atoms with E-state index in [1.54, 1.807) is 23.9 Å². The standard InChI is InChI=1S/C16H15ClN2S/c1-11(12-3-6-15(20-2)7-4-12)19-14-5-8-16(17)13(9-14)10-18/h3-9,11,19H,1-2H3. The van der Waals surface area contributed by atoms with E-state index in [0.29, 0.717) is 10.6 Å². The first-order valence-corrected chi connectivity index (χ1v) is 7.84. The minimum absolute atomic E-state index is 0.165. The summed E-state index contributed by atoms with van der Waals surface area (Å²) in [4.78, 5) is 1.25. The van der Waals surface area contributed by atoms with Crippen LogP contribution in [0.1, 0.15) is 24.1 Å². The van der Waals surface area contributed by atoms with Crippen LogP contribution in [0.15, 0.2) is 47.4 Å². The molecule has 1 atom stereocenters. The zero-order valence-corrected chi connectivity index (χ0v) is 12.9. The highest BCUT2D eigenvalue weighted by Crippen LogP contribution is 2.25. The van der Waals surface area contributed by atoms with Gasteiger partial charge in [0.1, 0.15) is 6.07 Å². The van der Waals surface area contributed by atoms with Crippen LogP contribution in [0.3, 0.4) is 0 Å². The number of benzene rings is 2. The Kier molecular flexibility index (Phi) is 4.94. The Morgan fingerprint density at radius 1 is 1.20 bits per heavy atom. The lowest BCUT2D eigenvalue weighted by molar-refractivity contribution is 0.883. The number of nitriles is 1. The van der Waals surface area contributed by atoms with Gasteiger partial charge < -0.3 is 5.32 Å². The highest BCUT2D eigenvalue weighted by atomic mass is 35.5. The molecule has 20 heavy (non-hydrogen) atoms. The van der Waals surface area contributed by atoms with E-state index in [9.17, 15) is 0 Å². The molecule has 0 saturated heterocycles. The van der Waals surface area contributed by atoms with E-state index in [4.69, 9.17) is 16.9 Å². The average Bonchev–Trinajstić information content (AvgIpc) is 2.49. The van der Waals surface area contributed by atoms with Crippen LogP contribution in [0.5, 0.6) is 0 Å². The predicted octanol–water partition coefficient (Wildman–Crippen LogP) is 5.11. The summed E-state index contributed by atoms with van der Waals surface area (Å²) in [6.07, 6.45) is 2.06. The second-order valence-electron chi connectivity index (χ2n) is 4.45. The first kappa shape index (κ1) is 14.8. The monoisotopic (exact) mass is 302 g/mol. The summed E-state index contributed by atoms with van der Waals surface area (Å²) in [6.45, 7) is 2.09. The van der Waals surface area contributed by atoms with E-state index >= 15 is 0 Å². The van der Waals surface area contributed by atoms with Crippen LogP contribution in [0.2, 0.25) is 5.02 Å². The highest BCUT2D eigenvalue weighted by molar-refractivity contribution is 7.98. The van der Waals surface area contributed by atoms with E-state index in [1.807, 2.05) is 6.07 Å². The largest absolute Gasteiger partial charge is 0.378 e. The smallest absolute Gasteiger partial charge is 0.101 e. The molecular formula is C16H15ClN2S. The zero-order chi connectivity index (χ0) is 14.5. The van der Waals surface area contributed by atoms with Crippen molar-refractivity contribution in [2.75, 3.05) is 11.6 Å². The molecule has 0 aliphatic rings. The number of hydrogen-bond acceptors (Lipinski definition) is 3. The fourth-order valence-corrected chi connectivity index (χ4v) is 2.49. The van der Waals surface area contributed by atoms with Crippen molar-refractivity contribution in [3.63, 3.8) is 0 Å². The van der Waals surface area contributed by atoms with Crippen LogP contribution in [-0.4, -0.2) is 6.26 Å². The van der Waals surface area contributed by atoms with Crippen molar-refractivity contribution >= 4 is 29.1 Å². The van der Waals surface area contributed by atoms with Crippen molar-refractivity contribution in [2.45, 2.75) is 17.9 Å². The second-order valence-corrected chi connectivity index (χ2v) is 5.73. The number of anilines is 1. The third-order valence-corrected chi connectivity index (χ3v) is 4.16. The van der Waals surface area contributed by atoms with Crippen LogP contribution in [0.25, 0.3) is 0 Å². The molecule has 0 heterocycles. The zero-order valence-electron chi connectivity index (χ0n) is 11.4. The third-order valence-electron chi connectivity index (χ3n) is 3.09. The SMILES string of the molecule is CSc1ccc(C(C)Nc2ccc(Cl)c(C#N)c2)cc1. The van der Waals surface area contributed by atoms with Gasteiger partial charge in [-0.3, -0.25) is 0 Å². The van der Waals surface area contributed by atoms with Gasteiger partial charge in [-0.05, 0) is 49.1 Å².